The summed E-state index contributed by atoms with van der Waals surface area (Å²) in [5.41, 5.74) is 1.28. The second-order valence-electron chi connectivity index (χ2n) is 8.39. The summed E-state index contributed by atoms with van der Waals surface area (Å²) >= 11 is 0. The Morgan fingerprint density at radius 3 is 2.59 bits per heavy atom. The van der Waals surface area contributed by atoms with Crippen LogP contribution in [-0.4, -0.2) is 55.8 Å². The molecular weight excluding hydrogens is 366 g/mol. The van der Waals surface area contributed by atoms with Gasteiger partial charge in [0.2, 0.25) is 11.8 Å². The van der Waals surface area contributed by atoms with E-state index >= 15 is 0 Å². The quantitative estimate of drug-likeness (QED) is 0.753. The highest BCUT2D eigenvalue weighted by Gasteiger charge is 2.41. The summed E-state index contributed by atoms with van der Waals surface area (Å²) in [6.07, 6.45) is 14.0. The van der Waals surface area contributed by atoms with Crippen LogP contribution in [0.25, 0.3) is 0 Å². The minimum absolute atomic E-state index is 0.161. The fourth-order valence-corrected chi connectivity index (χ4v) is 4.58. The fourth-order valence-electron chi connectivity index (χ4n) is 4.58. The van der Waals surface area contributed by atoms with Gasteiger partial charge in [0.25, 0.3) is 0 Å². The molecule has 29 heavy (non-hydrogen) atoms. The van der Waals surface area contributed by atoms with Crippen molar-refractivity contribution in [2.75, 3.05) is 19.6 Å². The number of aromatic nitrogens is 3. The van der Waals surface area contributed by atoms with E-state index in [0.717, 1.165) is 57.4 Å². The molecule has 0 atom stereocenters. The molecule has 4 heterocycles. The van der Waals surface area contributed by atoms with Crippen LogP contribution in [0.2, 0.25) is 0 Å². The molecule has 0 radical (unpaired) electrons. The number of carbonyl (C=O) groups is 2. The van der Waals surface area contributed by atoms with Crippen molar-refractivity contribution in [1.82, 2.24) is 24.3 Å². The van der Waals surface area contributed by atoms with E-state index in [4.69, 9.17) is 0 Å². The zero-order valence-corrected chi connectivity index (χ0v) is 16.9. The molecule has 7 heteroatoms. The number of nitrogens with zero attached hydrogens (tertiary/aromatic N) is 5. The first-order valence-electron chi connectivity index (χ1n) is 10.5. The second kappa shape index (κ2) is 8.76. The molecule has 2 saturated heterocycles. The first-order chi connectivity index (χ1) is 14.1. The molecule has 2 aromatic heterocycles. The molecular formula is C22H29N5O2. The molecule has 0 unspecified atom stereocenters. The van der Waals surface area contributed by atoms with Crippen molar-refractivity contribution in [1.29, 1.82) is 0 Å². The van der Waals surface area contributed by atoms with Gasteiger partial charge in [-0.3, -0.25) is 14.6 Å². The van der Waals surface area contributed by atoms with E-state index in [0.29, 0.717) is 19.4 Å². The first kappa shape index (κ1) is 19.6. The number of amides is 2. The minimum atomic E-state index is 0.161. The van der Waals surface area contributed by atoms with Crippen LogP contribution in [0.3, 0.4) is 0 Å². The fraction of sp³-hybridized carbons (Fsp3) is 0.545. The molecule has 2 amide bonds. The highest BCUT2D eigenvalue weighted by molar-refractivity contribution is 5.77. The topological polar surface area (TPSA) is 71.3 Å². The Balaban J connectivity index is 1.27. The summed E-state index contributed by atoms with van der Waals surface area (Å²) in [7, 11) is 0. The number of likely N-dealkylation sites (tertiary alicyclic amines) is 2. The lowest BCUT2D eigenvalue weighted by Gasteiger charge is -2.47. The molecule has 7 nitrogen and oxygen atoms in total. The van der Waals surface area contributed by atoms with E-state index < -0.39 is 0 Å². The molecule has 0 saturated carbocycles. The molecule has 0 N–H and O–H groups in total. The maximum atomic E-state index is 12.6. The van der Waals surface area contributed by atoms with Gasteiger partial charge in [0.1, 0.15) is 0 Å². The summed E-state index contributed by atoms with van der Waals surface area (Å²) in [6.45, 7) is 3.90. The van der Waals surface area contributed by atoms with Crippen LogP contribution >= 0.6 is 0 Å². The molecule has 154 valence electrons. The Morgan fingerprint density at radius 1 is 1.07 bits per heavy atom. The predicted octanol–water partition coefficient (Wildman–Crippen LogP) is 2.49. The monoisotopic (exact) mass is 395 g/mol. The van der Waals surface area contributed by atoms with Gasteiger partial charge in [-0.2, -0.15) is 0 Å². The first-order valence-corrected chi connectivity index (χ1v) is 10.5. The SMILES string of the molecule is O=C(CCCn1ccnc1)N1CCC2(CCC(=O)N(Cc3ccncc3)C2)CC1. The molecule has 0 bridgehead atoms. The van der Waals surface area contributed by atoms with Crippen LogP contribution in [0.5, 0.6) is 0 Å². The molecule has 1 spiro atoms. The number of carbonyl (C=O) groups excluding carboxylic acids is 2. The zero-order chi connectivity index (χ0) is 20.1. The molecule has 2 aliphatic rings. The van der Waals surface area contributed by atoms with Crippen molar-refractivity contribution in [3.8, 4) is 0 Å². The third kappa shape index (κ3) is 4.83. The summed E-state index contributed by atoms with van der Waals surface area (Å²) < 4.78 is 2.01. The smallest absolute Gasteiger partial charge is 0.222 e. The minimum Gasteiger partial charge on any atom is -0.343 e. The van der Waals surface area contributed by atoms with Gasteiger partial charge in [0, 0.05) is 70.4 Å². The molecule has 2 aromatic rings. The summed E-state index contributed by atoms with van der Waals surface area (Å²) in [5, 5.41) is 0. The van der Waals surface area contributed by atoms with Crippen LogP contribution in [0.1, 0.15) is 44.1 Å². The summed E-state index contributed by atoms with van der Waals surface area (Å²) in [5.74, 6) is 0.492. The van der Waals surface area contributed by atoms with Gasteiger partial charge in [-0.05, 0) is 48.8 Å². The molecule has 0 aliphatic carbocycles. The largest absolute Gasteiger partial charge is 0.343 e. The number of piperidine rings is 2. The van der Waals surface area contributed by atoms with Crippen LogP contribution in [-0.2, 0) is 22.7 Å². The van der Waals surface area contributed by atoms with Crippen LogP contribution in [0, 0.1) is 5.41 Å². The molecule has 4 rings (SSSR count). The van der Waals surface area contributed by atoms with Gasteiger partial charge < -0.3 is 14.4 Å². The Kier molecular flexibility index (Phi) is 5.92. The molecule has 2 aliphatic heterocycles. The maximum absolute atomic E-state index is 12.6. The van der Waals surface area contributed by atoms with Crippen LogP contribution in [0.4, 0.5) is 0 Å². The third-order valence-electron chi connectivity index (χ3n) is 6.41. The highest BCUT2D eigenvalue weighted by atomic mass is 16.2. The Bertz CT molecular complexity index is 813. The number of imidazole rings is 1. The van der Waals surface area contributed by atoms with Gasteiger partial charge in [0.15, 0.2) is 0 Å². The highest BCUT2D eigenvalue weighted by Crippen LogP contribution is 2.40. The van der Waals surface area contributed by atoms with E-state index in [-0.39, 0.29) is 17.2 Å². The number of aryl methyl sites for hydroxylation is 1. The van der Waals surface area contributed by atoms with Gasteiger partial charge in [-0.1, -0.05) is 0 Å². The Morgan fingerprint density at radius 2 is 1.86 bits per heavy atom. The average molecular weight is 396 g/mol. The van der Waals surface area contributed by atoms with Crippen molar-refractivity contribution < 1.29 is 9.59 Å². The van der Waals surface area contributed by atoms with E-state index in [1.54, 1.807) is 24.9 Å². The maximum Gasteiger partial charge on any atom is 0.222 e. The lowest BCUT2D eigenvalue weighted by atomic mass is 9.72. The predicted molar refractivity (Wildman–Crippen MR) is 109 cm³/mol. The number of rotatable bonds is 6. The number of hydrogen-bond donors (Lipinski definition) is 0. The van der Waals surface area contributed by atoms with Gasteiger partial charge in [0.05, 0.1) is 6.33 Å². The summed E-state index contributed by atoms with van der Waals surface area (Å²) in [4.78, 5) is 37.1. The standard InChI is InChI=1S/C22H29N5O2/c28-20(2-1-12-25-15-11-24-18-25)26-13-7-22(8-14-26)6-3-21(29)27(17-22)16-19-4-9-23-10-5-19/h4-5,9-11,15,18H,1-3,6-8,12-14,16-17H2. The lowest BCUT2D eigenvalue weighted by molar-refractivity contribution is -0.143. The third-order valence-corrected chi connectivity index (χ3v) is 6.41. The van der Waals surface area contributed by atoms with Crippen LogP contribution in [0.15, 0.2) is 43.2 Å². The van der Waals surface area contributed by atoms with E-state index in [1.807, 2.05) is 32.7 Å². The van der Waals surface area contributed by atoms with E-state index in [1.165, 1.54) is 0 Å². The van der Waals surface area contributed by atoms with Gasteiger partial charge in [-0.25, -0.2) is 4.98 Å². The van der Waals surface area contributed by atoms with Crippen molar-refractivity contribution in [3.63, 3.8) is 0 Å². The second-order valence-corrected chi connectivity index (χ2v) is 8.39. The van der Waals surface area contributed by atoms with E-state index in [9.17, 15) is 9.59 Å². The Hall–Kier alpha value is -2.70. The summed E-state index contributed by atoms with van der Waals surface area (Å²) in [6, 6.07) is 3.94. The molecule has 2 fully saturated rings. The van der Waals surface area contributed by atoms with Gasteiger partial charge in [-0.15, -0.1) is 0 Å². The zero-order valence-electron chi connectivity index (χ0n) is 16.9. The van der Waals surface area contributed by atoms with Crippen molar-refractivity contribution >= 4 is 11.8 Å². The average Bonchev–Trinajstić information content (AvgIpc) is 3.26. The molecule has 0 aromatic carbocycles. The van der Waals surface area contributed by atoms with E-state index in [2.05, 4.69) is 9.97 Å². The normalized spacial score (nSPS) is 19.0. The lowest BCUT2D eigenvalue weighted by Crippen LogP contribution is -2.52. The van der Waals surface area contributed by atoms with Crippen molar-refractivity contribution in [3.05, 3.63) is 48.8 Å². The van der Waals surface area contributed by atoms with Crippen molar-refractivity contribution in [2.24, 2.45) is 5.41 Å². The Labute approximate surface area is 171 Å². The van der Waals surface area contributed by atoms with Crippen LogP contribution < -0.4 is 0 Å². The van der Waals surface area contributed by atoms with Gasteiger partial charge >= 0.3 is 0 Å². The number of hydrogen-bond acceptors (Lipinski definition) is 4. The number of pyridine rings is 1. The van der Waals surface area contributed by atoms with Crippen molar-refractivity contribution in [2.45, 2.75) is 51.6 Å².